The molecule has 0 spiro atoms. The van der Waals surface area contributed by atoms with Crippen molar-refractivity contribution < 1.29 is 4.52 Å². The van der Waals surface area contributed by atoms with E-state index in [1.54, 1.807) is 11.8 Å². The van der Waals surface area contributed by atoms with Crippen LogP contribution < -0.4 is 0 Å². The molecule has 1 aromatic carbocycles. The quantitative estimate of drug-likeness (QED) is 0.418. The van der Waals surface area contributed by atoms with Crippen LogP contribution in [0.4, 0.5) is 0 Å². The zero-order chi connectivity index (χ0) is 20.8. The van der Waals surface area contributed by atoms with Crippen LogP contribution in [0, 0.1) is 6.92 Å². The molecule has 3 aromatic rings. The molecule has 0 amide bonds. The summed E-state index contributed by atoms with van der Waals surface area (Å²) in [6.45, 7) is 7.42. The monoisotopic (exact) mass is 413 g/mol. The summed E-state index contributed by atoms with van der Waals surface area (Å²) in [6.07, 6.45) is 3.26. The largest absolute Gasteiger partial charge is 0.360 e. The number of aryl methyl sites for hydroxylation is 1. The van der Waals surface area contributed by atoms with E-state index < -0.39 is 0 Å². The van der Waals surface area contributed by atoms with Crippen LogP contribution >= 0.6 is 11.8 Å². The van der Waals surface area contributed by atoms with Crippen LogP contribution in [-0.4, -0.2) is 38.9 Å². The average Bonchev–Trinajstić information content (AvgIpc) is 3.33. The zero-order valence-corrected chi connectivity index (χ0v) is 18.9. The van der Waals surface area contributed by atoms with E-state index >= 15 is 0 Å². The van der Waals surface area contributed by atoms with Crippen molar-refractivity contribution in [3.63, 3.8) is 0 Å². The number of thioether (sulfide) groups is 1. The lowest BCUT2D eigenvalue weighted by Gasteiger charge is -2.23. The van der Waals surface area contributed by atoms with Crippen LogP contribution in [0.25, 0.3) is 11.3 Å². The van der Waals surface area contributed by atoms with Gasteiger partial charge in [0.2, 0.25) is 0 Å². The molecule has 0 aliphatic heterocycles. The van der Waals surface area contributed by atoms with Crippen molar-refractivity contribution in [2.24, 2.45) is 0 Å². The van der Waals surface area contributed by atoms with E-state index in [4.69, 9.17) is 4.52 Å². The first-order valence-electron chi connectivity index (χ1n) is 10.3. The first-order chi connectivity index (χ1) is 14.0. The van der Waals surface area contributed by atoms with Gasteiger partial charge < -0.3 is 9.09 Å². The van der Waals surface area contributed by atoms with Gasteiger partial charge in [-0.1, -0.05) is 67.0 Å². The Kier molecular flexibility index (Phi) is 7.50. The van der Waals surface area contributed by atoms with E-state index in [-0.39, 0.29) is 6.04 Å². The van der Waals surface area contributed by atoms with Crippen molar-refractivity contribution >= 4 is 11.8 Å². The fraction of sp³-hybridized carbons (Fsp3) is 0.500. The van der Waals surface area contributed by atoms with E-state index in [1.807, 2.05) is 6.07 Å². The van der Waals surface area contributed by atoms with Gasteiger partial charge in [0.05, 0.1) is 11.8 Å². The van der Waals surface area contributed by atoms with E-state index in [9.17, 15) is 0 Å². The summed E-state index contributed by atoms with van der Waals surface area (Å²) in [5, 5.41) is 14.2. The molecule has 0 saturated carbocycles. The number of unbranched alkanes of at least 4 members (excludes halogenated alkanes) is 1. The first kappa shape index (κ1) is 21.6. The van der Waals surface area contributed by atoms with Gasteiger partial charge in [-0.3, -0.25) is 4.90 Å². The number of benzene rings is 1. The van der Waals surface area contributed by atoms with E-state index in [1.165, 1.54) is 5.56 Å². The molecule has 29 heavy (non-hydrogen) atoms. The van der Waals surface area contributed by atoms with Crippen LogP contribution in [0.1, 0.15) is 56.3 Å². The third-order valence-electron chi connectivity index (χ3n) is 5.04. The maximum atomic E-state index is 5.57. The minimum atomic E-state index is 0.270. The Bertz CT molecular complexity index is 900. The van der Waals surface area contributed by atoms with Crippen molar-refractivity contribution in [2.45, 2.75) is 63.5 Å². The van der Waals surface area contributed by atoms with Gasteiger partial charge in [0.25, 0.3) is 0 Å². The summed E-state index contributed by atoms with van der Waals surface area (Å²) in [5.74, 6) is 2.57. The fourth-order valence-electron chi connectivity index (χ4n) is 3.34. The Hall–Kier alpha value is -2.12. The molecule has 0 N–H and O–H groups in total. The van der Waals surface area contributed by atoms with E-state index in [2.05, 4.69) is 84.0 Å². The number of hydrogen-bond donors (Lipinski definition) is 0. The molecule has 1 unspecified atom stereocenters. The third-order valence-corrected chi connectivity index (χ3v) is 6.03. The highest BCUT2D eigenvalue weighted by atomic mass is 32.2. The van der Waals surface area contributed by atoms with Gasteiger partial charge in [-0.05, 0) is 33.9 Å². The molecular formula is C22H31N5OS. The van der Waals surface area contributed by atoms with Gasteiger partial charge in [-0.2, -0.15) is 0 Å². The average molecular weight is 414 g/mol. The Morgan fingerprint density at radius 2 is 1.90 bits per heavy atom. The molecule has 7 heteroatoms. The second-order valence-corrected chi connectivity index (χ2v) is 8.51. The molecule has 156 valence electrons. The van der Waals surface area contributed by atoms with Crippen LogP contribution in [0.15, 0.2) is 40.0 Å². The predicted octanol–water partition coefficient (Wildman–Crippen LogP) is 5.35. The third kappa shape index (κ3) is 5.28. The van der Waals surface area contributed by atoms with Gasteiger partial charge in [0, 0.05) is 18.2 Å². The molecule has 0 fully saturated rings. The molecule has 0 aliphatic rings. The predicted molar refractivity (Wildman–Crippen MR) is 118 cm³/mol. The Labute approximate surface area is 177 Å². The molecule has 2 heterocycles. The summed E-state index contributed by atoms with van der Waals surface area (Å²) in [5.41, 5.74) is 3.17. The lowest BCUT2D eigenvalue weighted by atomic mass is 10.1. The van der Waals surface area contributed by atoms with Crippen LogP contribution in [-0.2, 0) is 12.3 Å². The van der Waals surface area contributed by atoms with Gasteiger partial charge in [-0.25, -0.2) is 0 Å². The van der Waals surface area contributed by atoms with Gasteiger partial charge >= 0.3 is 0 Å². The molecule has 1 atom stereocenters. The number of hydrogen-bond acceptors (Lipinski definition) is 6. The van der Waals surface area contributed by atoms with Crippen LogP contribution in [0.3, 0.4) is 0 Å². The topological polar surface area (TPSA) is 60.0 Å². The van der Waals surface area contributed by atoms with Gasteiger partial charge in [0.1, 0.15) is 11.5 Å². The lowest BCUT2D eigenvalue weighted by Crippen LogP contribution is -2.23. The molecule has 0 saturated heterocycles. The SMILES string of the molecule is CCCCn1c(SCc2cc(-c3ccc(C)cc3)no2)nnc1C(CC)N(C)C. The smallest absolute Gasteiger partial charge is 0.191 e. The minimum Gasteiger partial charge on any atom is -0.360 e. The second-order valence-electron chi connectivity index (χ2n) is 7.57. The van der Waals surface area contributed by atoms with Crippen molar-refractivity contribution in [3.05, 3.63) is 47.5 Å². The number of rotatable bonds is 10. The molecule has 0 aliphatic carbocycles. The van der Waals surface area contributed by atoms with Gasteiger partial charge in [-0.15, -0.1) is 10.2 Å². The van der Waals surface area contributed by atoms with E-state index in [0.29, 0.717) is 5.75 Å². The van der Waals surface area contributed by atoms with Crippen LogP contribution in [0.2, 0.25) is 0 Å². The Morgan fingerprint density at radius 1 is 1.14 bits per heavy atom. The highest BCUT2D eigenvalue weighted by molar-refractivity contribution is 7.98. The maximum Gasteiger partial charge on any atom is 0.191 e. The number of aromatic nitrogens is 4. The molecule has 6 nitrogen and oxygen atoms in total. The van der Waals surface area contributed by atoms with Crippen molar-refractivity contribution in [3.8, 4) is 11.3 Å². The summed E-state index contributed by atoms with van der Waals surface area (Å²) in [7, 11) is 4.20. The van der Waals surface area contributed by atoms with E-state index in [0.717, 1.165) is 53.8 Å². The lowest BCUT2D eigenvalue weighted by molar-refractivity contribution is 0.270. The normalized spacial score (nSPS) is 12.6. The first-order valence-corrected chi connectivity index (χ1v) is 11.3. The Balaban J connectivity index is 1.74. The van der Waals surface area contributed by atoms with Crippen molar-refractivity contribution in [1.29, 1.82) is 0 Å². The maximum absolute atomic E-state index is 5.57. The molecular weight excluding hydrogens is 382 g/mol. The molecule has 0 radical (unpaired) electrons. The number of nitrogens with zero attached hydrogens (tertiary/aromatic N) is 5. The van der Waals surface area contributed by atoms with Crippen molar-refractivity contribution in [1.82, 2.24) is 24.8 Å². The van der Waals surface area contributed by atoms with Crippen molar-refractivity contribution in [2.75, 3.05) is 14.1 Å². The summed E-state index contributed by atoms with van der Waals surface area (Å²) >= 11 is 1.66. The van der Waals surface area contributed by atoms with Crippen LogP contribution in [0.5, 0.6) is 0 Å². The fourth-order valence-corrected chi connectivity index (χ4v) is 4.18. The highest BCUT2D eigenvalue weighted by Crippen LogP contribution is 2.29. The summed E-state index contributed by atoms with van der Waals surface area (Å²) < 4.78 is 7.85. The minimum absolute atomic E-state index is 0.270. The zero-order valence-electron chi connectivity index (χ0n) is 18.1. The summed E-state index contributed by atoms with van der Waals surface area (Å²) in [6, 6.07) is 10.6. The van der Waals surface area contributed by atoms with Gasteiger partial charge in [0.15, 0.2) is 11.0 Å². The molecule has 0 bridgehead atoms. The highest BCUT2D eigenvalue weighted by Gasteiger charge is 2.22. The summed E-state index contributed by atoms with van der Waals surface area (Å²) in [4.78, 5) is 2.21. The Morgan fingerprint density at radius 3 is 2.55 bits per heavy atom. The molecule has 3 rings (SSSR count). The second kappa shape index (κ2) is 10.1. The standard InChI is InChI=1S/C22H31N5OS/c1-6-8-13-27-21(20(7-2)26(4)5)23-24-22(27)29-15-18-14-19(25-28-18)17-11-9-16(3)10-12-17/h9-12,14,20H,6-8,13,15H2,1-5H3. The molecule has 2 aromatic heterocycles.